The van der Waals surface area contributed by atoms with E-state index in [0.717, 1.165) is 21.5 Å². The Morgan fingerprint density at radius 3 is 2.65 bits per heavy atom. The number of hydrogen-bond donors (Lipinski definition) is 2. The highest BCUT2D eigenvalue weighted by atomic mass is 32.1. The lowest BCUT2D eigenvalue weighted by molar-refractivity contribution is 0.442. The fraction of sp³-hybridized carbons (Fsp3) is 0.200. The lowest BCUT2D eigenvalue weighted by atomic mass is 9.88. The van der Waals surface area contributed by atoms with Gasteiger partial charge in [-0.1, -0.05) is 24.3 Å². The van der Waals surface area contributed by atoms with Gasteiger partial charge in [0.25, 0.3) is 0 Å². The molecule has 5 heteroatoms. The van der Waals surface area contributed by atoms with Gasteiger partial charge in [-0.3, -0.25) is 4.98 Å². The molecular weight excluding hydrogens is 268 g/mol. The fourth-order valence-electron chi connectivity index (χ4n) is 2.32. The van der Waals surface area contributed by atoms with Crippen molar-refractivity contribution in [2.24, 2.45) is 11.5 Å². The summed E-state index contributed by atoms with van der Waals surface area (Å²) in [6, 6.07) is 13.9. The van der Waals surface area contributed by atoms with Crippen molar-refractivity contribution < 1.29 is 0 Å². The van der Waals surface area contributed by atoms with Crippen molar-refractivity contribution in [1.29, 1.82) is 0 Å². The Bertz CT molecular complexity index is 710. The Morgan fingerprint density at radius 2 is 1.90 bits per heavy atom. The van der Waals surface area contributed by atoms with Crippen molar-refractivity contribution in [2.75, 3.05) is 6.54 Å². The highest BCUT2D eigenvalue weighted by Gasteiger charge is 2.31. The van der Waals surface area contributed by atoms with Gasteiger partial charge in [0.15, 0.2) is 0 Å². The Labute approximate surface area is 121 Å². The van der Waals surface area contributed by atoms with Crippen LogP contribution in [0.4, 0.5) is 0 Å². The summed E-state index contributed by atoms with van der Waals surface area (Å²) in [5.74, 6) is 0. The molecule has 1 aromatic carbocycles. The zero-order valence-electron chi connectivity index (χ0n) is 11.0. The van der Waals surface area contributed by atoms with E-state index < -0.39 is 5.54 Å². The number of hydrogen-bond acceptors (Lipinski definition) is 5. The largest absolute Gasteiger partial charge is 0.328 e. The Kier molecular flexibility index (Phi) is 3.48. The van der Waals surface area contributed by atoms with Crippen LogP contribution >= 0.6 is 11.5 Å². The maximum atomic E-state index is 6.54. The molecule has 0 bridgehead atoms. The average molecular weight is 284 g/mol. The molecule has 0 saturated heterocycles. The molecule has 0 spiro atoms. The second-order valence-electron chi connectivity index (χ2n) is 4.89. The first-order chi connectivity index (χ1) is 9.73. The molecule has 1 atom stereocenters. The summed E-state index contributed by atoms with van der Waals surface area (Å²) in [6.07, 6.45) is 2.35. The quantitative estimate of drug-likeness (QED) is 0.768. The van der Waals surface area contributed by atoms with Crippen LogP contribution in [-0.4, -0.2) is 15.9 Å². The van der Waals surface area contributed by atoms with Crippen molar-refractivity contribution in [3.05, 3.63) is 60.0 Å². The van der Waals surface area contributed by atoms with E-state index in [1.54, 1.807) is 6.20 Å². The molecule has 0 amide bonds. The van der Waals surface area contributed by atoms with E-state index in [9.17, 15) is 0 Å². The van der Waals surface area contributed by atoms with E-state index >= 15 is 0 Å². The van der Waals surface area contributed by atoms with Crippen LogP contribution in [0.2, 0.25) is 0 Å². The minimum absolute atomic E-state index is 0.331. The maximum Gasteiger partial charge on any atom is 0.0836 e. The van der Waals surface area contributed by atoms with Crippen molar-refractivity contribution in [1.82, 2.24) is 9.36 Å². The highest BCUT2D eigenvalue weighted by molar-refractivity contribution is 7.13. The zero-order valence-corrected chi connectivity index (χ0v) is 11.8. The summed E-state index contributed by atoms with van der Waals surface area (Å²) >= 11 is 1.46. The first kappa shape index (κ1) is 13.2. The Morgan fingerprint density at radius 1 is 1.10 bits per heavy atom. The summed E-state index contributed by atoms with van der Waals surface area (Å²) in [6.45, 7) is 0.331. The number of fused-ring (bicyclic) bond motifs is 1. The minimum atomic E-state index is -0.687. The van der Waals surface area contributed by atoms with Crippen LogP contribution in [0.15, 0.2) is 48.7 Å². The predicted octanol–water partition coefficient (Wildman–Crippen LogP) is 2.05. The van der Waals surface area contributed by atoms with E-state index in [4.69, 9.17) is 11.5 Å². The normalized spacial score (nSPS) is 14.3. The summed E-state index contributed by atoms with van der Waals surface area (Å²) < 4.78 is 5.67. The van der Waals surface area contributed by atoms with Crippen molar-refractivity contribution in [3.8, 4) is 0 Å². The van der Waals surface area contributed by atoms with Crippen LogP contribution in [-0.2, 0) is 12.0 Å². The summed E-state index contributed by atoms with van der Waals surface area (Å²) in [5, 5.41) is 1.08. The van der Waals surface area contributed by atoms with Gasteiger partial charge in [0, 0.05) is 30.2 Å². The number of benzene rings is 1. The smallest absolute Gasteiger partial charge is 0.0836 e. The number of rotatable bonds is 4. The van der Waals surface area contributed by atoms with E-state index in [1.165, 1.54) is 11.5 Å². The van der Waals surface area contributed by atoms with Crippen LogP contribution in [0, 0.1) is 0 Å². The molecule has 0 aliphatic rings. The lowest BCUT2D eigenvalue weighted by Gasteiger charge is -2.26. The number of aromatic nitrogens is 2. The van der Waals surface area contributed by atoms with Crippen LogP contribution in [0.5, 0.6) is 0 Å². The molecule has 3 rings (SSSR count). The number of nitrogens with two attached hydrogens (primary N) is 2. The zero-order chi connectivity index (χ0) is 14.0. The van der Waals surface area contributed by atoms with Crippen LogP contribution in [0.1, 0.15) is 11.4 Å². The molecule has 3 aromatic rings. The fourth-order valence-corrected chi connectivity index (χ4v) is 3.20. The van der Waals surface area contributed by atoms with Crippen molar-refractivity contribution >= 4 is 21.6 Å². The van der Waals surface area contributed by atoms with Gasteiger partial charge in [0.1, 0.15) is 0 Å². The molecule has 0 fully saturated rings. The molecule has 4 N–H and O–H groups in total. The maximum absolute atomic E-state index is 6.54. The molecule has 2 heterocycles. The van der Waals surface area contributed by atoms with Gasteiger partial charge < -0.3 is 11.5 Å². The molecule has 0 radical (unpaired) electrons. The third kappa shape index (κ3) is 2.31. The highest BCUT2D eigenvalue weighted by Crippen LogP contribution is 2.30. The second kappa shape index (κ2) is 5.28. The topological polar surface area (TPSA) is 77.8 Å². The number of nitrogens with zero attached hydrogens (tertiary/aromatic N) is 2. The van der Waals surface area contributed by atoms with Gasteiger partial charge in [0.05, 0.1) is 15.9 Å². The van der Waals surface area contributed by atoms with Gasteiger partial charge >= 0.3 is 0 Å². The summed E-state index contributed by atoms with van der Waals surface area (Å²) in [4.78, 5) is 4.34. The van der Waals surface area contributed by atoms with Gasteiger partial charge in [0.2, 0.25) is 0 Å². The van der Waals surface area contributed by atoms with Crippen molar-refractivity contribution in [2.45, 2.75) is 12.0 Å². The first-order valence-electron chi connectivity index (χ1n) is 6.47. The molecule has 0 aliphatic heterocycles. The molecule has 0 saturated carbocycles. The molecule has 1 unspecified atom stereocenters. The predicted molar refractivity (Wildman–Crippen MR) is 82.5 cm³/mol. The average Bonchev–Trinajstić information content (AvgIpc) is 2.93. The SMILES string of the molecule is NCC(N)(Cc1ccccn1)c1nsc2ccccc12. The van der Waals surface area contributed by atoms with E-state index in [2.05, 4.69) is 9.36 Å². The Hall–Kier alpha value is -1.82. The van der Waals surface area contributed by atoms with Gasteiger partial charge in [-0.15, -0.1) is 0 Å². The van der Waals surface area contributed by atoms with E-state index in [-0.39, 0.29) is 0 Å². The minimum Gasteiger partial charge on any atom is -0.328 e. The van der Waals surface area contributed by atoms with Crippen LogP contribution < -0.4 is 11.5 Å². The van der Waals surface area contributed by atoms with E-state index in [1.807, 2.05) is 42.5 Å². The second-order valence-corrected chi connectivity index (χ2v) is 5.69. The van der Waals surface area contributed by atoms with Crippen molar-refractivity contribution in [3.63, 3.8) is 0 Å². The lowest BCUT2D eigenvalue weighted by Crippen LogP contribution is -2.46. The molecule has 2 aromatic heterocycles. The third-order valence-corrected chi connectivity index (χ3v) is 4.26. The van der Waals surface area contributed by atoms with Gasteiger partial charge in [-0.2, -0.15) is 4.37 Å². The molecular formula is C15H16N4S. The van der Waals surface area contributed by atoms with Crippen LogP contribution in [0.25, 0.3) is 10.1 Å². The molecule has 0 aliphatic carbocycles. The summed E-state index contributed by atoms with van der Waals surface area (Å²) in [7, 11) is 0. The standard InChI is InChI=1S/C15H16N4S/c16-10-15(17,9-11-5-3-4-8-18-11)14-12-6-1-2-7-13(12)20-19-14/h1-8H,9-10,16-17H2. The Balaban J connectivity index is 2.04. The van der Waals surface area contributed by atoms with Gasteiger partial charge in [-0.05, 0) is 29.7 Å². The summed E-state index contributed by atoms with van der Waals surface area (Å²) in [5.41, 5.74) is 13.6. The molecule has 4 nitrogen and oxygen atoms in total. The molecule has 102 valence electrons. The van der Waals surface area contributed by atoms with Gasteiger partial charge in [-0.25, -0.2) is 0 Å². The van der Waals surface area contributed by atoms with Crippen LogP contribution in [0.3, 0.4) is 0 Å². The molecule has 20 heavy (non-hydrogen) atoms. The number of pyridine rings is 1. The van der Waals surface area contributed by atoms with E-state index in [0.29, 0.717) is 13.0 Å². The monoisotopic (exact) mass is 284 g/mol. The third-order valence-electron chi connectivity index (χ3n) is 3.44. The first-order valence-corrected chi connectivity index (χ1v) is 7.24.